The smallest absolute Gasteiger partial charge is 0.291 e. The molecule has 162 valence electrons. The number of carbonyl (C=O) groups is 2. The third-order valence-electron chi connectivity index (χ3n) is 5.37. The van der Waals surface area contributed by atoms with Crippen LogP contribution < -0.4 is 5.32 Å². The highest BCUT2D eigenvalue weighted by Crippen LogP contribution is 2.29. The molecule has 0 radical (unpaired) electrons. The normalized spacial score (nSPS) is 14.9. The van der Waals surface area contributed by atoms with Crippen LogP contribution in [0.15, 0.2) is 59.8 Å². The van der Waals surface area contributed by atoms with Crippen LogP contribution in [0.3, 0.4) is 0 Å². The molecule has 31 heavy (non-hydrogen) atoms. The predicted octanol–water partition coefficient (Wildman–Crippen LogP) is 4.23. The van der Waals surface area contributed by atoms with Crippen LogP contribution in [-0.2, 0) is 16.1 Å². The van der Waals surface area contributed by atoms with Gasteiger partial charge in [-0.15, -0.1) is 0 Å². The highest BCUT2D eigenvalue weighted by molar-refractivity contribution is 7.99. The lowest BCUT2D eigenvalue weighted by Crippen LogP contribution is -2.42. The van der Waals surface area contributed by atoms with Crippen LogP contribution in [0.1, 0.15) is 12.8 Å². The van der Waals surface area contributed by atoms with Crippen LogP contribution in [0.5, 0.6) is 0 Å². The average molecular weight is 445 g/mol. The van der Waals surface area contributed by atoms with Gasteiger partial charge >= 0.3 is 0 Å². The molecule has 2 amide bonds. The molecular weight excluding hydrogens is 422 g/mol. The lowest BCUT2D eigenvalue weighted by Gasteiger charge is -2.31. The lowest BCUT2D eigenvalue weighted by atomic mass is 9.95. The number of anilines is 1. The molecule has 0 saturated carbocycles. The maximum absolute atomic E-state index is 13.0. The zero-order valence-electron chi connectivity index (χ0n) is 16.7. The number of benzene rings is 2. The zero-order valence-corrected chi connectivity index (χ0v) is 17.5. The van der Waals surface area contributed by atoms with Gasteiger partial charge < -0.3 is 14.8 Å². The molecule has 1 aliphatic rings. The molecule has 0 bridgehead atoms. The summed E-state index contributed by atoms with van der Waals surface area (Å²) in [7, 11) is 0. The summed E-state index contributed by atoms with van der Waals surface area (Å²) < 4.78 is 27.5. The van der Waals surface area contributed by atoms with Crippen LogP contribution in [0.4, 0.5) is 14.5 Å². The Labute approximate surface area is 182 Å². The van der Waals surface area contributed by atoms with E-state index in [4.69, 9.17) is 0 Å². The van der Waals surface area contributed by atoms with Gasteiger partial charge in [0.1, 0.15) is 6.54 Å². The first-order valence-corrected chi connectivity index (χ1v) is 10.9. The third-order valence-corrected chi connectivity index (χ3v) is 6.07. The first kappa shape index (κ1) is 21.3. The van der Waals surface area contributed by atoms with Crippen molar-refractivity contribution in [2.75, 3.05) is 18.4 Å². The lowest BCUT2D eigenvalue weighted by molar-refractivity contribution is -0.135. The van der Waals surface area contributed by atoms with Crippen molar-refractivity contribution in [1.82, 2.24) is 14.5 Å². The van der Waals surface area contributed by atoms with Gasteiger partial charge in [0.2, 0.25) is 11.8 Å². The summed E-state index contributed by atoms with van der Waals surface area (Å²) in [5, 5.41) is 3.04. The molecular formula is C22H22F2N4O2S. The number of likely N-dealkylation sites (tertiary alicyclic amines) is 1. The van der Waals surface area contributed by atoms with Gasteiger partial charge in [-0.25, -0.2) is 4.98 Å². The second-order valence-corrected chi connectivity index (χ2v) is 8.32. The number of carbonyl (C=O) groups excluding carboxylic acids is 2. The van der Waals surface area contributed by atoms with Crippen molar-refractivity contribution in [1.29, 1.82) is 0 Å². The number of rotatable bonds is 6. The van der Waals surface area contributed by atoms with Crippen molar-refractivity contribution in [3.63, 3.8) is 0 Å². The first-order valence-electron chi connectivity index (χ1n) is 10.0. The maximum Gasteiger partial charge on any atom is 0.291 e. The van der Waals surface area contributed by atoms with Gasteiger partial charge in [0.25, 0.3) is 5.76 Å². The van der Waals surface area contributed by atoms with Gasteiger partial charge in [-0.2, -0.15) is 8.78 Å². The van der Waals surface area contributed by atoms with E-state index in [1.165, 1.54) is 0 Å². The van der Waals surface area contributed by atoms with E-state index < -0.39 is 5.76 Å². The molecule has 4 rings (SSSR count). The molecule has 1 N–H and O–H groups in total. The van der Waals surface area contributed by atoms with Crippen molar-refractivity contribution in [2.24, 2.45) is 5.92 Å². The fourth-order valence-electron chi connectivity index (χ4n) is 3.77. The summed E-state index contributed by atoms with van der Waals surface area (Å²) in [6.07, 6.45) is 1.13. The summed E-state index contributed by atoms with van der Waals surface area (Å²) in [4.78, 5) is 31.3. The summed E-state index contributed by atoms with van der Waals surface area (Å²) in [5.41, 5.74) is 1.98. The Balaban J connectivity index is 1.39. The van der Waals surface area contributed by atoms with Gasteiger partial charge in [-0.05, 0) is 48.9 Å². The maximum atomic E-state index is 13.0. The number of imidazole rings is 1. The van der Waals surface area contributed by atoms with Crippen molar-refractivity contribution < 1.29 is 18.4 Å². The molecule has 1 saturated heterocycles. The number of nitrogens with one attached hydrogen (secondary N) is 1. The summed E-state index contributed by atoms with van der Waals surface area (Å²) in [5.74, 6) is -3.00. The molecule has 6 nitrogen and oxygen atoms in total. The second kappa shape index (κ2) is 9.47. The standard InChI is InChI=1S/C22H22F2N4O2S/c23-21(24)31-22-26-17-8-4-5-9-18(17)28(22)14-19(29)27-12-10-15(11-13-27)20(30)25-16-6-2-1-3-7-16/h1-9,15,21H,10-14H2,(H,25,30). The number of hydrogen-bond donors (Lipinski definition) is 1. The van der Waals surface area contributed by atoms with Crippen LogP contribution >= 0.6 is 11.8 Å². The quantitative estimate of drug-likeness (QED) is 0.578. The number of piperidine rings is 1. The number of thioether (sulfide) groups is 1. The Morgan fingerprint density at radius 1 is 1.06 bits per heavy atom. The van der Waals surface area contributed by atoms with Gasteiger partial charge in [0, 0.05) is 24.7 Å². The van der Waals surface area contributed by atoms with E-state index in [1.807, 2.05) is 30.3 Å². The molecule has 2 aromatic carbocycles. The Morgan fingerprint density at radius 3 is 2.45 bits per heavy atom. The monoisotopic (exact) mass is 444 g/mol. The molecule has 0 unspecified atom stereocenters. The van der Waals surface area contributed by atoms with Gasteiger partial charge in [0.05, 0.1) is 11.0 Å². The van der Waals surface area contributed by atoms with E-state index in [2.05, 4.69) is 10.3 Å². The number of fused-ring (bicyclic) bond motifs is 1. The summed E-state index contributed by atoms with van der Waals surface area (Å²) in [6, 6.07) is 16.3. The van der Waals surface area contributed by atoms with Crippen LogP contribution in [0.25, 0.3) is 11.0 Å². The Bertz CT molecular complexity index is 1070. The predicted molar refractivity (Wildman–Crippen MR) is 116 cm³/mol. The molecule has 0 atom stereocenters. The van der Waals surface area contributed by atoms with Crippen molar-refractivity contribution in [2.45, 2.75) is 30.3 Å². The van der Waals surface area contributed by atoms with Crippen molar-refractivity contribution in [3.05, 3.63) is 54.6 Å². The number of para-hydroxylation sites is 3. The zero-order chi connectivity index (χ0) is 21.8. The van der Waals surface area contributed by atoms with Crippen molar-refractivity contribution in [3.8, 4) is 0 Å². The van der Waals surface area contributed by atoms with Crippen LogP contribution in [-0.4, -0.2) is 45.1 Å². The number of amides is 2. The molecule has 1 aromatic heterocycles. The van der Waals surface area contributed by atoms with Crippen LogP contribution in [0, 0.1) is 5.92 Å². The van der Waals surface area contributed by atoms with Crippen LogP contribution in [0.2, 0.25) is 0 Å². The van der Waals surface area contributed by atoms with Gasteiger partial charge in [-0.3, -0.25) is 9.59 Å². The highest BCUT2D eigenvalue weighted by Gasteiger charge is 2.28. The van der Waals surface area contributed by atoms with Gasteiger partial charge in [-0.1, -0.05) is 30.3 Å². The molecule has 0 aliphatic carbocycles. The number of alkyl halides is 2. The minimum absolute atomic E-state index is 0.0467. The largest absolute Gasteiger partial charge is 0.341 e. The minimum Gasteiger partial charge on any atom is -0.341 e. The summed E-state index contributed by atoms with van der Waals surface area (Å²) >= 11 is 0.339. The number of halogens is 2. The van der Waals surface area contributed by atoms with E-state index in [0.29, 0.717) is 48.7 Å². The van der Waals surface area contributed by atoms with Gasteiger partial charge in [0.15, 0.2) is 5.16 Å². The number of aromatic nitrogens is 2. The number of hydrogen-bond acceptors (Lipinski definition) is 4. The molecule has 9 heteroatoms. The fourth-order valence-corrected chi connectivity index (χ4v) is 4.37. The second-order valence-electron chi connectivity index (χ2n) is 7.36. The first-order chi connectivity index (χ1) is 15.0. The molecule has 0 spiro atoms. The summed E-state index contributed by atoms with van der Waals surface area (Å²) in [6.45, 7) is 0.849. The third kappa shape index (κ3) is 5.04. The molecule has 2 heterocycles. The fraction of sp³-hybridized carbons (Fsp3) is 0.318. The van der Waals surface area contributed by atoms with E-state index in [1.54, 1.807) is 33.7 Å². The Hall–Kier alpha value is -2.94. The van der Waals surface area contributed by atoms with Crippen molar-refractivity contribution >= 4 is 40.3 Å². The van der Waals surface area contributed by atoms with E-state index in [0.717, 1.165) is 5.69 Å². The molecule has 3 aromatic rings. The SMILES string of the molecule is O=C(Nc1ccccc1)C1CCN(C(=O)Cn2c(SC(F)F)nc3ccccc32)CC1. The van der Waals surface area contributed by atoms with E-state index >= 15 is 0 Å². The molecule has 1 aliphatic heterocycles. The Morgan fingerprint density at radius 2 is 1.74 bits per heavy atom. The topological polar surface area (TPSA) is 67.2 Å². The Kier molecular flexibility index (Phi) is 6.50. The minimum atomic E-state index is -2.62. The van der Waals surface area contributed by atoms with E-state index in [9.17, 15) is 18.4 Å². The average Bonchev–Trinajstić information content (AvgIpc) is 3.11. The van der Waals surface area contributed by atoms with E-state index in [-0.39, 0.29) is 29.4 Å². The number of nitrogens with zero attached hydrogens (tertiary/aromatic N) is 3. The molecule has 1 fully saturated rings. The highest BCUT2D eigenvalue weighted by atomic mass is 32.2.